The molecule has 1 atom stereocenters. The molecule has 2 fully saturated rings. The summed E-state index contributed by atoms with van der Waals surface area (Å²) in [6.07, 6.45) is 3.13. The predicted octanol–water partition coefficient (Wildman–Crippen LogP) is 1.54. The highest BCUT2D eigenvalue weighted by molar-refractivity contribution is 5.88. The highest BCUT2D eigenvalue weighted by atomic mass is 16.2. The summed E-state index contributed by atoms with van der Waals surface area (Å²) in [5, 5.41) is 2.99. The quantitative estimate of drug-likeness (QED) is 0.836. The van der Waals surface area contributed by atoms with Crippen molar-refractivity contribution in [3.63, 3.8) is 0 Å². The smallest absolute Gasteiger partial charge is 0.240 e. The Morgan fingerprint density at radius 3 is 2.76 bits per heavy atom. The van der Waals surface area contributed by atoms with Crippen LogP contribution in [0.15, 0.2) is 30.3 Å². The van der Waals surface area contributed by atoms with Crippen molar-refractivity contribution in [2.45, 2.75) is 31.3 Å². The molecule has 0 bridgehead atoms. The van der Waals surface area contributed by atoms with Crippen LogP contribution in [0.25, 0.3) is 0 Å². The average molecular weight is 230 g/mol. The number of rotatable bonds is 2. The number of carbonyl (C=O) groups excluding carboxylic acids is 1. The zero-order valence-electron chi connectivity index (χ0n) is 9.98. The van der Waals surface area contributed by atoms with Gasteiger partial charge in [-0.15, -0.1) is 0 Å². The van der Waals surface area contributed by atoms with Gasteiger partial charge in [0.05, 0.1) is 0 Å². The monoisotopic (exact) mass is 230 g/mol. The number of hydrogen-bond acceptors (Lipinski definition) is 2. The van der Waals surface area contributed by atoms with Crippen molar-refractivity contribution in [3.8, 4) is 0 Å². The summed E-state index contributed by atoms with van der Waals surface area (Å²) in [4.78, 5) is 14.4. The van der Waals surface area contributed by atoms with Crippen molar-refractivity contribution in [1.29, 1.82) is 0 Å². The van der Waals surface area contributed by atoms with E-state index < -0.39 is 0 Å². The molecular weight excluding hydrogens is 212 g/mol. The van der Waals surface area contributed by atoms with Gasteiger partial charge in [0.2, 0.25) is 5.91 Å². The van der Waals surface area contributed by atoms with Gasteiger partial charge in [0, 0.05) is 13.1 Å². The van der Waals surface area contributed by atoms with E-state index in [1.807, 2.05) is 6.07 Å². The Labute approximate surface area is 102 Å². The lowest BCUT2D eigenvalue weighted by Gasteiger charge is -2.32. The molecule has 0 radical (unpaired) electrons. The molecule has 2 saturated heterocycles. The molecule has 3 rings (SSSR count). The minimum Gasteiger partial charge on any atom is -0.354 e. The van der Waals surface area contributed by atoms with Gasteiger partial charge in [-0.05, 0) is 31.4 Å². The Kier molecular flexibility index (Phi) is 2.63. The first-order chi connectivity index (χ1) is 8.31. The number of nitrogens with zero attached hydrogens (tertiary/aromatic N) is 1. The van der Waals surface area contributed by atoms with E-state index >= 15 is 0 Å². The molecular formula is C14H18N2O. The van der Waals surface area contributed by atoms with Crippen molar-refractivity contribution >= 4 is 5.91 Å². The molecule has 1 aromatic carbocycles. The van der Waals surface area contributed by atoms with Gasteiger partial charge in [0.1, 0.15) is 5.54 Å². The van der Waals surface area contributed by atoms with E-state index in [9.17, 15) is 4.79 Å². The van der Waals surface area contributed by atoms with E-state index in [1.165, 1.54) is 5.56 Å². The fourth-order valence-electron chi connectivity index (χ4n) is 3.17. The first kappa shape index (κ1) is 10.8. The van der Waals surface area contributed by atoms with Crippen molar-refractivity contribution in [2.75, 3.05) is 13.1 Å². The van der Waals surface area contributed by atoms with Crippen LogP contribution in [0.1, 0.15) is 24.8 Å². The summed E-state index contributed by atoms with van der Waals surface area (Å²) in [6.45, 7) is 2.78. The van der Waals surface area contributed by atoms with Gasteiger partial charge >= 0.3 is 0 Å². The molecule has 1 amide bonds. The molecule has 17 heavy (non-hydrogen) atoms. The zero-order chi connectivity index (χ0) is 11.7. The summed E-state index contributed by atoms with van der Waals surface area (Å²) >= 11 is 0. The lowest BCUT2D eigenvalue weighted by molar-refractivity contribution is -0.128. The number of benzene rings is 1. The van der Waals surface area contributed by atoms with Crippen molar-refractivity contribution in [2.24, 2.45) is 0 Å². The minimum absolute atomic E-state index is 0.199. The molecule has 2 aliphatic rings. The second-order valence-electron chi connectivity index (χ2n) is 5.05. The summed E-state index contributed by atoms with van der Waals surface area (Å²) in [6, 6.07) is 10.4. The predicted molar refractivity (Wildman–Crippen MR) is 66.4 cm³/mol. The lowest BCUT2D eigenvalue weighted by atomic mass is 9.94. The SMILES string of the molecule is O=C1NCC[C@@]12CCCN2Cc1ccccc1. The number of likely N-dealkylation sites (tertiary alicyclic amines) is 1. The highest BCUT2D eigenvalue weighted by Crippen LogP contribution is 2.36. The van der Waals surface area contributed by atoms with Gasteiger partial charge < -0.3 is 5.32 Å². The summed E-state index contributed by atoms with van der Waals surface area (Å²) in [5.74, 6) is 0.242. The van der Waals surface area contributed by atoms with Crippen LogP contribution in [0.5, 0.6) is 0 Å². The van der Waals surface area contributed by atoms with Crippen LogP contribution in [-0.4, -0.2) is 29.4 Å². The van der Waals surface area contributed by atoms with E-state index in [4.69, 9.17) is 0 Å². The van der Waals surface area contributed by atoms with Gasteiger partial charge in [-0.25, -0.2) is 0 Å². The maximum atomic E-state index is 12.0. The molecule has 2 heterocycles. The number of carbonyl (C=O) groups is 1. The molecule has 1 N–H and O–H groups in total. The van der Waals surface area contributed by atoms with Crippen LogP contribution < -0.4 is 5.32 Å². The van der Waals surface area contributed by atoms with Crippen LogP contribution in [0.2, 0.25) is 0 Å². The third kappa shape index (κ3) is 1.75. The average Bonchev–Trinajstić information content (AvgIpc) is 2.91. The fourth-order valence-corrected chi connectivity index (χ4v) is 3.17. The maximum absolute atomic E-state index is 12.0. The number of hydrogen-bond donors (Lipinski definition) is 1. The molecule has 1 aromatic rings. The minimum atomic E-state index is -0.199. The molecule has 1 spiro atoms. The third-order valence-corrected chi connectivity index (χ3v) is 4.09. The zero-order valence-corrected chi connectivity index (χ0v) is 9.98. The first-order valence-corrected chi connectivity index (χ1v) is 6.39. The Balaban J connectivity index is 1.81. The summed E-state index contributed by atoms with van der Waals surface area (Å²) < 4.78 is 0. The van der Waals surface area contributed by atoms with E-state index in [0.717, 1.165) is 38.9 Å². The first-order valence-electron chi connectivity index (χ1n) is 6.39. The summed E-state index contributed by atoms with van der Waals surface area (Å²) in [5.41, 5.74) is 1.10. The molecule has 0 saturated carbocycles. The molecule has 3 heteroatoms. The van der Waals surface area contributed by atoms with Crippen molar-refractivity contribution in [3.05, 3.63) is 35.9 Å². The molecule has 2 aliphatic heterocycles. The van der Waals surface area contributed by atoms with Crippen LogP contribution >= 0.6 is 0 Å². The van der Waals surface area contributed by atoms with Gasteiger partial charge in [0.15, 0.2) is 0 Å². The van der Waals surface area contributed by atoms with Gasteiger partial charge in [-0.3, -0.25) is 9.69 Å². The Bertz CT molecular complexity index is 413. The van der Waals surface area contributed by atoms with Gasteiger partial charge in [-0.2, -0.15) is 0 Å². The van der Waals surface area contributed by atoms with Gasteiger partial charge in [0.25, 0.3) is 0 Å². The maximum Gasteiger partial charge on any atom is 0.240 e. The van der Waals surface area contributed by atoms with Crippen molar-refractivity contribution in [1.82, 2.24) is 10.2 Å². The van der Waals surface area contributed by atoms with E-state index in [2.05, 4.69) is 34.5 Å². The van der Waals surface area contributed by atoms with E-state index in [0.29, 0.717) is 0 Å². The van der Waals surface area contributed by atoms with Crippen LogP contribution in [0.3, 0.4) is 0 Å². The van der Waals surface area contributed by atoms with Crippen LogP contribution in [0, 0.1) is 0 Å². The van der Waals surface area contributed by atoms with Crippen molar-refractivity contribution < 1.29 is 4.79 Å². The standard InChI is InChI=1S/C14H18N2O/c17-13-14(8-9-15-13)7-4-10-16(14)11-12-5-2-1-3-6-12/h1-3,5-6H,4,7-11H2,(H,15,17)/t14-/m0/s1. The molecule has 0 aliphatic carbocycles. The lowest BCUT2D eigenvalue weighted by Crippen LogP contribution is -2.49. The topological polar surface area (TPSA) is 32.3 Å². The Morgan fingerprint density at radius 2 is 2.06 bits per heavy atom. The van der Waals surface area contributed by atoms with E-state index in [-0.39, 0.29) is 11.4 Å². The number of amides is 1. The van der Waals surface area contributed by atoms with Crippen LogP contribution in [0.4, 0.5) is 0 Å². The fraction of sp³-hybridized carbons (Fsp3) is 0.500. The summed E-state index contributed by atoms with van der Waals surface area (Å²) in [7, 11) is 0. The molecule has 90 valence electrons. The third-order valence-electron chi connectivity index (χ3n) is 4.09. The molecule has 0 aromatic heterocycles. The molecule has 0 unspecified atom stereocenters. The Hall–Kier alpha value is -1.35. The van der Waals surface area contributed by atoms with E-state index in [1.54, 1.807) is 0 Å². The van der Waals surface area contributed by atoms with Gasteiger partial charge in [-0.1, -0.05) is 30.3 Å². The second kappa shape index (κ2) is 4.15. The second-order valence-corrected chi connectivity index (χ2v) is 5.05. The van der Waals surface area contributed by atoms with Crippen LogP contribution in [-0.2, 0) is 11.3 Å². The molecule has 3 nitrogen and oxygen atoms in total. The largest absolute Gasteiger partial charge is 0.354 e. The number of nitrogens with one attached hydrogen (secondary N) is 1. The highest BCUT2D eigenvalue weighted by Gasteiger charge is 2.49. The normalized spacial score (nSPS) is 28.8. The Morgan fingerprint density at radius 1 is 1.24 bits per heavy atom.